The Hall–Kier alpha value is -2.82. The zero-order valence-corrected chi connectivity index (χ0v) is 11.5. The van der Waals surface area contributed by atoms with E-state index in [1.165, 1.54) is 0 Å². The van der Waals surface area contributed by atoms with Crippen LogP contribution in [0.15, 0.2) is 42.5 Å². The van der Waals surface area contributed by atoms with E-state index >= 15 is 0 Å². The summed E-state index contributed by atoms with van der Waals surface area (Å²) >= 11 is 0. The van der Waals surface area contributed by atoms with Crippen LogP contribution in [0.5, 0.6) is 5.75 Å². The van der Waals surface area contributed by atoms with Crippen molar-refractivity contribution in [2.75, 3.05) is 17.2 Å². The van der Waals surface area contributed by atoms with Gasteiger partial charge in [-0.15, -0.1) is 0 Å². The number of hydrogen-bond acceptors (Lipinski definition) is 3. The van der Waals surface area contributed by atoms with Crippen molar-refractivity contribution in [3.63, 3.8) is 0 Å². The molecule has 0 fully saturated rings. The number of benzene rings is 2. The summed E-state index contributed by atoms with van der Waals surface area (Å²) in [6.07, 6.45) is 0. The lowest BCUT2D eigenvalue weighted by atomic mass is 10.1. The fraction of sp³-hybridized carbons (Fsp3) is 0.125. The Morgan fingerprint density at radius 1 is 1.24 bits per heavy atom. The third kappa shape index (κ3) is 2.86. The van der Waals surface area contributed by atoms with Crippen LogP contribution in [-0.4, -0.2) is 18.4 Å². The quantitative estimate of drug-likeness (QED) is 0.889. The van der Waals surface area contributed by atoms with Crippen molar-refractivity contribution in [3.8, 4) is 5.75 Å². The zero-order chi connectivity index (χ0) is 14.8. The summed E-state index contributed by atoms with van der Waals surface area (Å²) in [5, 5.41) is 5.52. The van der Waals surface area contributed by atoms with Gasteiger partial charge in [-0.3, -0.25) is 9.59 Å². The number of carbonyl (C=O) groups is 2. The molecule has 0 aromatic heterocycles. The lowest BCUT2D eigenvalue weighted by molar-refractivity contribution is -0.118. The molecule has 1 aliphatic heterocycles. The van der Waals surface area contributed by atoms with Gasteiger partial charge in [-0.25, -0.2) is 0 Å². The Balaban J connectivity index is 1.79. The molecule has 2 aromatic carbocycles. The summed E-state index contributed by atoms with van der Waals surface area (Å²) in [5.74, 6) is 0.189. The average molecular weight is 282 g/mol. The second-order valence-electron chi connectivity index (χ2n) is 4.87. The Morgan fingerprint density at radius 2 is 2.10 bits per heavy atom. The standard InChI is InChI=1S/C16H14N2O3/c1-10-3-2-4-11(7-10)16(20)17-12-5-6-13-14(8-12)21-9-15(19)18-13/h2-8H,9H2,1H3,(H,17,20)(H,18,19). The number of anilines is 2. The van der Waals surface area contributed by atoms with Crippen molar-refractivity contribution < 1.29 is 14.3 Å². The highest BCUT2D eigenvalue weighted by Crippen LogP contribution is 2.30. The molecule has 0 spiro atoms. The molecule has 0 saturated heterocycles. The predicted octanol–water partition coefficient (Wildman–Crippen LogP) is 2.58. The van der Waals surface area contributed by atoms with Crippen molar-refractivity contribution in [1.82, 2.24) is 0 Å². The van der Waals surface area contributed by atoms with Crippen molar-refractivity contribution in [3.05, 3.63) is 53.6 Å². The molecule has 2 amide bonds. The number of aryl methyl sites for hydroxylation is 1. The molecule has 0 unspecified atom stereocenters. The summed E-state index contributed by atoms with van der Waals surface area (Å²) in [5.41, 5.74) is 2.86. The average Bonchev–Trinajstić information content (AvgIpc) is 2.47. The number of fused-ring (bicyclic) bond motifs is 1. The topological polar surface area (TPSA) is 67.4 Å². The van der Waals surface area contributed by atoms with Gasteiger partial charge in [0, 0.05) is 17.3 Å². The van der Waals surface area contributed by atoms with Crippen molar-refractivity contribution in [2.45, 2.75) is 6.92 Å². The highest BCUT2D eigenvalue weighted by atomic mass is 16.5. The lowest BCUT2D eigenvalue weighted by Crippen LogP contribution is -2.25. The first kappa shape index (κ1) is 13.2. The van der Waals surface area contributed by atoms with Crippen LogP contribution < -0.4 is 15.4 Å². The Kier molecular flexibility index (Phi) is 3.31. The van der Waals surface area contributed by atoms with E-state index in [0.29, 0.717) is 22.7 Å². The van der Waals surface area contributed by atoms with Gasteiger partial charge in [0.1, 0.15) is 5.75 Å². The van der Waals surface area contributed by atoms with E-state index in [9.17, 15) is 9.59 Å². The molecule has 3 rings (SSSR count). The molecule has 1 heterocycles. The molecular formula is C16H14N2O3. The van der Waals surface area contributed by atoms with Crippen LogP contribution in [0.4, 0.5) is 11.4 Å². The number of amides is 2. The van der Waals surface area contributed by atoms with E-state index in [-0.39, 0.29) is 18.4 Å². The maximum atomic E-state index is 12.2. The van der Waals surface area contributed by atoms with Crippen molar-refractivity contribution in [1.29, 1.82) is 0 Å². The van der Waals surface area contributed by atoms with Gasteiger partial charge in [0.15, 0.2) is 6.61 Å². The van der Waals surface area contributed by atoms with Crippen LogP contribution in [0.2, 0.25) is 0 Å². The first-order valence-corrected chi connectivity index (χ1v) is 6.56. The molecular weight excluding hydrogens is 268 g/mol. The zero-order valence-electron chi connectivity index (χ0n) is 11.5. The fourth-order valence-electron chi connectivity index (χ4n) is 2.14. The van der Waals surface area contributed by atoms with Crippen LogP contribution in [0.3, 0.4) is 0 Å². The van der Waals surface area contributed by atoms with E-state index < -0.39 is 0 Å². The fourth-order valence-corrected chi connectivity index (χ4v) is 2.14. The van der Waals surface area contributed by atoms with Gasteiger partial charge in [0.25, 0.3) is 11.8 Å². The van der Waals surface area contributed by atoms with Crippen LogP contribution in [0.1, 0.15) is 15.9 Å². The normalized spacial score (nSPS) is 12.9. The van der Waals surface area contributed by atoms with Gasteiger partial charge in [0.2, 0.25) is 0 Å². The number of rotatable bonds is 2. The van der Waals surface area contributed by atoms with Crippen LogP contribution in [0, 0.1) is 6.92 Å². The third-order valence-corrected chi connectivity index (χ3v) is 3.15. The maximum Gasteiger partial charge on any atom is 0.262 e. The molecule has 1 aliphatic rings. The van der Waals surface area contributed by atoms with Crippen LogP contribution in [-0.2, 0) is 4.79 Å². The van der Waals surface area contributed by atoms with Crippen LogP contribution in [0.25, 0.3) is 0 Å². The van der Waals surface area contributed by atoms with Gasteiger partial charge >= 0.3 is 0 Å². The number of carbonyl (C=O) groups excluding carboxylic acids is 2. The van der Waals surface area contributed by atoms with E-state index in [2.05, 4.69) is 10.6 Å². The first-order chi connectivity index (χ1) is 10.1. The minimum Gasteiger partial charge on any atom is -0.482 e. The molecule has 2 N–H and O–H groups in total. The highest BCUT2D eigenvalue weighted by molar-refractivity contribution is 6.05. The summed E-state index contributed by atoms with van der Waals surface area (Å²) in [7, 11) is 0. The molecule has 0 saturated carbocycles. The molecule has 0 bridgehead atoms. The largest absolute Gasteiger partial charge is 0.482 e. The monoisotopic (exact) mass is 282 g/mol. The molecule has 5 nitrogen and oxygen atoms in total. The minimum atomic E-state index is -0.182. The summed E-state index contributed by atoms with van der Waals surface area (Å²) in [4.78, 5) is 23.4. The highest BCUT2D eigenvalue weighted by Gasteiger charge is 2.16. The molecule has 106 valence electrons. The van der Waals surface area contributed by atoms with E-state index in [1.54, 1.807) is 24.3 Å². The third-order valence-electron chi connectivity index (χ3n) is 3.15. The van der Waals surface area contributed by atoms with E-state index in [0.717, 1.165) is 5.56 Å². The van der Waals surface area contributed by atoms with E-state index in [4.69, 9.17) is 4.74 Å². The summed E-state index contributed by atoms with van der Waals surface area (Å²) < 4.78 is 5.32. The molecule has 0 aliphatic carbocycles. The Bertz CT molecular complexity index is 725. The Labute approximate surface area is 121 Å². The second kappa shape index (κ2) is 5.28. The van der Waals surface area contributed by atoms with Gasteiger partial charge in [-0.2, -0.15) is 0 Å². The van der Waals surface area contributed by atoms with Gasteiger partial charge in [0.05, 0.1) is 5.69 Å². The van der Waals surface area contributed by atoms with Crippen molar-refractivity contribution in [2.24, 2.45) is 0 Å². The smallest absolute Gasteiger partial charge is 0.262 e. The summed E-state index contributed by atoms with van der Waals surface area (Å²) in [6, 6.07) is 12.5. The molecule has 0 atom stereocenters. The lowest BCUT2D eigenvalue weighted by Gasteiger charge is -2.18. The Morgan fingerprint density at radius 3 is 2.90 bits per heavy atom. The second-order valence-corrected chi connectivity index (χ2v) is 4.87. The molecule has 2 aromatic rings. The predicted molar refractivity (Wildman–Crippen MR) is 79.7 cm³/mol. The first-order valence-electron chi connectivity index (χ1n) is 6.56. The maximum absolute atomic E-state index is 12.2. The number of nitrogens with one attached hydrogen (secondary N) is 2. The van der Waals surface area contributed by atoms with Crippen LogP contribution >= 0.6 is 0 Å². The van der Waals surface area contributed by atoms with Gasteiger partial charge < -0.3 is 15.4 Å². The number of ether oxygens (including phenoxy) is 1. The van der Waals surface area contributed by atoms with E-state index in [1.807, 2.05) is 25.1 Å². The number of hydrogen-bond donors (Lipinski definition) is 2. The van der Waals surface area contributed by atoms with Gasteiger partial charge in [-0.05, 0) is 31.2 Å². The van der Waals surface area contributed by atoms with Crippen molar-refractivity contribution >= 4 is 23.2 Å². The molecule has 5 heteroatoms. The minimum absolute atomic E-state index is 0.0116. The summed E-state index contributed by atoms with van der Waals surface area (Å²) in [6.45, 7) is 1.93. The molecule has 0 radical (unpaired) electrons. The molecule has 21 heavy (non-hydrogen) atoms. The van der Waals surface area contributed by atoms with Gasteiger partial charge in [-0.1, -0.05) is 17.7 Å². The SMILES string of the molecule is Cc1cccc(C(=O)Nc2ccc3c(c2)OCC(=O)N3)c1.